The number of rotatable bonds is 3. The Balaban J connectivity index is 2.15. The summed E-state index contributed by atoms with van der Waals surface area (Å²) in [6.07, 6.45) is 1.75. The van der Waals surface area contributed by atoms with Crippen LogP contribution < -0.4 is 4.90 Å². The number of anilines is 1. The van der Waals surface area contributed by atoms with Crippen LogP contribution in [0.2, 0.25) is 0 Å². The fourth-order valence-electron chi connectivity index (χ4n) is 3.40. The minimum atomic E-state index is -0.508. The lowest BCUT2D eigenvalue weighted by Gasteiger charge is -2.19. The zero-order valence-electron chi connectivity index (χ0n) is 16.3. The lowest BCUT2D eigenvalue weighted by molar-refractivity contribution is -0.136. The first-order valence-corrected chi connectivity index (χ1v) is 8.82. The second kappa shape index (κ2) is 7.23. The normalized spacial score (nSPS) is 15.7. The van der Waals surface area contributed by atoms with Gasteiger partial charge in [0.15, 0.2) is 0 Å². The van der Waals surface area contributed by atoms with Crippen molar-refractivity contribution in [3.63, 3.8) is 0 Å². The van der Waals surface area contributed by atoms with Gasteiger partial charge in [-0.1, -0.05) is 35.9 Å². The van der Waals surface area contributed by atoms with E-state index >= 15 is 0 Å². The number of ether oxygens (including phenoxy) is 1. The number of hydrogen-bond acceptors (Lipinski definition) is 3. The number of carbonyl (C=O) groups is 2. The van der Waals surface area contributed by atoms with Crippen molar-refractivity contribution >= 4 is 23.6 Å². The van der Waals surface area contributed by atoms with Crippen molar-refractivity contribution in [2.75, 3.05) is 12.0 Å². The Hall–Kier alpha value is -3.14. The highest BCUT2D eigenvalue weighted by Crippen LogP contribution is 2.36. The molecule has 0 spiro atoms. The summed E-state index contributed by atoms with van der Waals surface area (Å²) in [5, 5.41) is 0. The minimum Gasteiger partial charge on any atom is -0.465 e. The summed E-state index contributed by atoms with van der Waals surface area (Å²) in [5.41, 5.74) is 6.10. The third-order valence-electron chi connectivity index (χ3n) is 4.64. The molecular weight excluding hydrogens is 338 g/mol. The molecule has 0 saturated heterocycles. The molecule has 138 valence electrons. The Morgan fingerprint density at radius 1 is 0.926 bits per heavy atom. The number of nitrogens with zero attached hydrogens (tertiary/aromatic N) is 1. The third kappa shape index (κ3) is 3.56. The molecule has 0 aromatic heterocycles. The van der Waals surface area contributed by atoms with Gasteiger partial charge in [-0.3, -0.25) is 9.69 Å². The number of allylic oxidation sites excluding steroid dienone is 1. The first kappa shape index (κ1) is 18.6. The number of hydrogen-bond donors (Lipinski definition) is 0. The second-order valence-electron chi connectivity index (χ2n) is 6.91. The highest BCUT2D eigenvalue weighted by Gasteiger charge is 2.37. The predicted octanol–water partition coefficient (Wildman–Crippen LogP) is 4.49. The molecule has 4 nitrogen and oxygen atoms in total. The molecule has 27 heavy (non-hydrogen) atoms. The molecular formula is C23H23NO3. The maximum absolute atomic E-state index is 13.2. The summed E-state index contributed by atoms with van der Waals surface area (Å²) in [5.74, 6) is -0.732. The molecule has 0 aliphatic carbocycles. The molecule has 2 aromatic carbocycles. The van der Waals surface area contributed by atoms with Crippen molar-refractivity contribution in [2.24, 2.45) is 0 Å². The summed E-state index contributed by atoms with van der Waals surface area (Å²) in [4.78, 5) is 27.3. The molecule has 1 amide bonds. The molecule has 0 saturated carbocycles. The lowest BCUT2D eigenvalue weighted by atomic mass is 10.0. The zero-order chi connectivity index (χ0) is 19.7. The Labute approximate surface area is 159 Å². The van der Waals surface area contributed by atoms with Gasteiger partial charge in [-0.2, -0.15) is 0 Å². The van der Waals surface area contributed by atoms with Gasteiger partial charge in [-0.25, -0.2) is 4.79 Å². The molecule has 0 unspecified atom stereocenters. The Bertz CT molecular complexity index is 961. The fraction of sp³-hybridized carbons (Fsp3) is 0.217. The van der Waals surface area contributed by atoms with Gasteiger partial charge in [-0.05, 0) is 62.6 Å². The van der Waals surface area contributed by atoms with Crippen LogP contribution in [0.1, 0.15) is 29.2 Å². The summed E-state index contributed by atoms with van der Waals surface area (Å²) >= 11 is 0. The van der Waals surface area contributed by atoms with Gasteiger partial charge in [0.05, 0.1) is 18.3 Å². The van der Waals surface area contributed by atoms with Crippen LogP contribution in [0.3, 0.4) is 0 Å². The number of aryl methyl sites for hydroxylation is 3. The molecule has 0 N–H and O–H groups in total. The van der Waals surface area contributed by atoms with Crippen LogP contribution in [0.15, 0.2) is 59.3 Å². The van der Waals surface area contributed by atoms with E-state index in [4.69, 9.17) is 4.74 Å². The molecule has 3 rings (SSSR count). The molecule has 0 bridgehead atoms. The quantitative estimate of drug-likeness (QED) is 0.598. The van der Waals surface area contributed by atoms with Crippen molar-refractivity contribution < 1.29 is 14.3 Å². The van der Waals surface area contributed by atoms with Crippen LogP contribution in [0.25, 0.3) is 6.08 Å². The average molecular weight is 361 g/mol. The lowest BCUT2D eigenvalue weighted by Crippen LogP contribution is -2.24. The van der Waals surface area contributed by atoms with Crippen molar-refractivity contribution in [2.45, 2.75) is 27.7 Å². The van der Waals surface area contributed by atoms with Gasteiger partial charge < -0.3 is 4.74 Å². The van der Waals surface area contributed by atoms with Gasteiger partial charge in [0.25, 0.3) is 5.91 Å². The van der Waals surface area contributed by atoms with Crippen molar-refractivity contribution in [1.82, 2.24) is 0 Å². The first-order chi connectivity index (χ1) is 12.8. The number of esters is 1. The molecule has 0 atom stereocenters. The second-order valence-corrected chi connectivity index (χ2v) is 6.91. The van der Waals surface area contributed by atoms with Crippen molar-refractivity contribution in [3.05, 3.63) is 81.6 Å². The molecule has 1 aliphatic rings. The maximum Gasteiger partial charge on any atom is 0.340 e. The zero-order valence-corrected chi connectivity index (χ0v) is 16.3. The van der Waals surface area contributed by atoms with Gasteiger partial charge in [0, 0.05) is 11.4 Å². The summed E-state index contributed by atoms with van der Waals surface area (Å²) in [6, 6.07) is 13.7. The summed E-state index contributed by atoms with van der Waals surface area (Å²) < 4.78 is 4.96. The number of carbonyl (C=O) groups excluding carboxylic acids is 2. The monoisotopic (exact) mass is 361 g/mol. The minimum absolute atomic E-state index is 0.224. The Kier molecular flexibility index (Phi) is 5.00. The summed E-state index contributed by atoms with van der Waals surface area (Å²) in [7, 11) is 1.33. The summed E-state index contributed by atoms with van der Waals surface area (Å²) in [6.45, 7) is 7.75. The fourth-order valence-corrected chi connectivity index (χ4v) is 3.40. The highest BCUT2D eigenvalue weighted by molar-refractivity contribution is 6.23. The van der Waals surface area contributed by atoms with Gasteiger partial charge in [0.1, 0.15) is 0 Å². The van der Waals surface area contributed by atoms with E-state index in [1.807, 2.05) is 63.2 Å². The van der Waals surface area contributed by atoms with Crippen LogP contribution in [0.4, 0.5) is 5.69 Å². The van der Waals surface area contributed by atoms with E-state index < -0.39 is 5.97 Å². The average Bonchev–Trinajstić information content (AvgIpc) is 2.85. The van der Waals surface area contributed by atoms with E-state index in [2.05, 4.69) is 0 Å². The SMILES string of the molecule is COC(=O)C1=C(C)N(c2cc(C)cc(C)c2)C(=O)/C1=C\c1ccc(C)cc1. The van der Waals surface area contributed by atoms with E-state index in [0.29, 0.717) is 16.8 Å². The van der Waals surface area contributed by atoms with Gasteiger partial charge >= 0.3 is 5.97 Å². The van der Waals surface area contributed by atoms with E-state index in [-0.39, 0.29) is 5.91 Å². The van der Waals surface area contributed by atoms with Crippen molar-refractivity contribution in [3.8, 4) is 0 Å². The van der Waals surface area contributed by atoms with E-state index in [9.17, 15) is 9.59 Å². The van der Waals surface area contributed by atoms with Crippen LogP contribution >= 0.6 is 0 Å². The molecule has 4 heteroatoms. The van der Waals surface area contributed by atoms with E-state index in [0.717, 1.165) is 27.9 Å². The molecule has 1 aliphatic heterocycles. The number of benzene rings is 2. The standard InChI is InChI=1S/C23H23NO3/c1-14-6-8-18(9-7-14)13-20-21(23(26)27-5)17(4)24(22(20)25)19-11-15(2)10-16(3)12-19/h6-13H,1-5H3/b20-13-. The molecule has 0 fully saturated rings. The molecule has 2 aromatic rings. The van der Waals surface area contributed by atoms with Crippen LogP contribution in [0, 0.1) is 20.8 Å². The number of methoxy groups -OCH3 is 1. The van der Waals surface area contributed by atoms with E-state index in [1.54, 1.807) is 17.9 Å². The molecule has 0 radical (unpaired) electrons. The Morgan fingerprint density at radius 2 is 1.52 bits per heavy atom. The smallest absolute Gasteiger partial charge is 0.340 e. The maximum atomic E-state index is 13.2. The van der Waals surface area contributed by atoms with Crippen molar-refractivity contribution in [1.29, 1.82) is 0 Å². The Morgan fingerprint density at radius 3 is 2.07 bits per heavy atom. The van der Waals surface area contributed by atoms with Gasteiger partial charge in [0.2, 0.25) is 0 Å². The number of amides is 1. The third-order valence-corrected chi connectivity index (χ3v) is 4.64. The van der Waals surface area contributed by atoms with Crippen LogP contribution in [0.5, 0.6) is 0 Å². The van der Waals surface area contributed by atoms with Crippen LogP contribution in [-0.2, 0) is 14.3 Å². The topological polar surface area (TPSA) is 46.6 Å². The van der Waals surface area contributed by atoms with Gasteiger partial charge in [-0.15, -0.1) is 0 Å². The first-order valence-electron chi connectivity index (χ1n) is 8.82. The predicted molar refractivity (Wildman–Crippen MR) is 107 cm³/mol. The largest absolute Gasteiger partial charge is 0.465 e. The van der Waals surface area contributed by atoms with E-state index in [1.165, 1.54) is 7.11 Å². The molecule has 1 heterocycles. The van der Waals surface area contributed by atoms with Crippen LogP contribution in [-0.4, -0.2) is 19.0 Å². The highest BCUT2D eigenvalue weighted by atomic mass is 16.5.